The molecule has 1 atom stereocenters. The normalized spacial score (nSPS) is 12.7. The van der Waals surface area contributed by atoms with E-state index in [2.05, 4.69) is 46.6 Å². The number of nitrogens with zero attached hydrogens (tertiary/aromatic N) is 5. The molecule has 0 aromatic carbocycles. The van der Waals surface area contributed by atoms with Gasteiger partial charge in [-0.15, -0.1) is 0 Å². The maximum Gasteiger partial charge on any atom is 0.157 e. The smallest absolute Gasteiger partial charge is 0.157 e. The minimum absolute atomic E-state index is 0.266. The van der Waals surface area contributed by atoms with Crippen molar-refractivity contribution in [2.75, 3.05) is 11.9 Å². The third-order valence-corrected chi connectivity index (χ3v) is 3.54. The molecule has 0 amide bonds. The zero-order valence-corrected chi connectivity index (χ0v) is 12.6. The van der Waals surface area contributed by atoms with Gasteiger partial charge in [0.2, 0.25) is 0 Å². The van der Waals surface area contributed by atoms with Gasteiger partial charge in [-0.25, -0.2) is 4.98 Å². The number of hydrogen-bond acceptors (Lipinski definition) is 4. The van der Waals surface area contributed by atoms with Gasteiger partial charge in [-0.2, -0.15) is 14.7 Å². The molecule has 0 aliphatic heterocycles. The average Bonchev–Trinajstić information content (AvgIpc) is 3.12. The van der Waals surface area contributed by atoms with Crippen LogP contribution in [0.1, 0.15) is 31.1 Å². The van der Waals surface area contributed by atoms with Crippen molar-refractivity contribution >= 4 is 11.5 Å². The van der Waals surface area contributed by atoms with Crippen molar-refractivity contribution in [3.8, 4) is 0 Å². The molecule has 3 aromatic rings. The fraction of sp³-hybridized carbons (Fsp3) is 0.400. The Bertz CT molecular complexity index is 742. The van der Waals surface area contributed by atoms with E-state index in [-0.39, 0.29) is 6.04 Å². The number of anilines is 1. The van der Waals surface area contributed by atoms with Crippen LogP contribution in [0.3, 0.4) is 0 Å². The van der Waals surface area contributed by atoms with Crippen molar-refractivity contribution in [1.82, 2.24) is 24.4 Å². The van der Waals surface area contributed by atoms with Crippen molar-refractivity contribution in [1.29, 1.82) is 0 Å². The van der Waals surface area contributed by atoms with Crippen LogP contribution in [0, 0.1) is 6.92 Å². The lowest BCUT2D eigenvalue weighted by atomic mass is 10.3. The maximum atomic E-state index is 4.55. The van der Waals surface area contributed by atoms with Crippen LogP contribution in [0.25, 0.3) is 5.65 Å². The molecule has 0 aliphatic rings. The van der Waals surface area contributed by atoms with Gasteiger partial charge < -0.3 is 5.32 Å². The molecule has 0 bridgehead atoms. The zero-order valence-electron chi connectivity index (χ0n) is 12.6. The van der Waals surface area contributed by atoms with Gasteiger partial charge in [0, 0.05) is 30.6 Å². The number of rotatable bonds is 5. The van der Waals surface area contributed by atoms with Crippen LogP contribution in [-0.2, 0) is 6.42 Å². The standard InChI is InChI=1S/C15H20N6/c1-4-13-7-15(21-14(19-13)5-6-17-21)16-9-12(3)20-10-11(2)8-18-20/h5-8,10,12,16H,4,9H2,1-3H3. The summed E-state index contributed by atoms with van der Waals surface area (Å²) in [5, 5.41) is 12.1. The van der Waals surface area contributed by atoms with Crippen molar-refractivity contribution in [2.24, 2.45) is 0 Å². The van der Waals surface area contributed by atoms with E-state index in [4.69, 9.17) is 0 Å². The summed E-state index contributed by atoms with van der Waals surface area (Å²) < 4.78 is 3.81. The quantitative estimate of drug-likeness (QED) is 0.782. The SMILES string of the molecule is CCc1cc(NCC(C)n2cc(C)cn2)n2nccc2n1. The summed E-state index contributed by atoms with van der Waals surface area (Å²) in [6.07, 6.45) is 6.61. The predicted molar refractivity (Wildman–Crippen MR) is 82.5 cm³/mol. The van der Waals surface area contributed by atoms with E-state index in [0.717, 1.165) is 30.1 Å². The first-order valence-corrected chi connectivity index (χ1v) is 7.25. The van der Waals surface area contributed by atoms with Gasteiger partial charge in [-0.05, 0) is 25.8 Å². The van der Waals surface area contributed by atoms with Crippen molar-refractivity contribution in [2.45, 2.75) is 33.2 Å². The number of aromatic nitrogens is 5. The second-order valence-electron chi connectivity index (χ2n) is 5.32. The van der Waals surface area contributed by atoms with Gasteiger partial charge in [-0.1, -0.05) is 6.92 Å². The lowest BCUT2D eigenvalue weighted by molar-refractivity contribution is 0.511. The second kappa shape index (κ2) is 5.55. The van der Waals surface area contributed by atoms with Crippen molar-refractivity contribution in [3.05, 3.63) is 42.0 Å². The third-order valence-electron chi connectivity index (χ3n) is 3.54. The minimum atomic E-state index is 0.266. The number of fused-ring (bicyclic) bond motifs is 1. The molecule has 0 saturated heterocycles. The largest absolute Gasteiger partial charge is 0.368 e. The Labute approximate surface area is 123 Å². The lowest BCUT2D eigenvalue weighted by Crippen LogP contribution is -2.18. The Balaban J connectivity index is 1.79. The summed E-state index contributed by atoms with van der Waals surface area (Å²) in [6, 6.07) is 4.24. The molecule has 0 radical (unpaired) electrons. The van der Waals surface area contributed by atoms with E-state index < -0.39 is 0 Å². The van der Waals surface area contributed by atoms with E-state index in [0.29, 0.717) is 0 Å². The highest BCUT2D eigenvalue weighted by Crippen LogP contribution is 2.14. The molecule has 110 valence electrons. The topological polar surface area (TPSA) is 60.0 Å². The minimum Gasteiger partial charge on any atom is -0.368 e. The molecule has 3 aromatic heterocycles. The van der Waals surface area contributed by atoms with Crippen molar-refractivity contribution in [3.63, 3.8) is 0 Å². The van der Waals surface area contributed by atoms with E-state index in [1.807, 2.05) is 28.4 Å². The van der Waals surface area contributed by atoms with E-state index in [9.17, 15) is 0 Å². The van der Waals surface area contributed by atoms with Crippen LogP contribution in [0.15, 0.2) is 30.7 Å². The van der Waals surface area contributed by atoms with Crippen LogP contribution in [0.5, 0.6) is 0 Å². The second-order valence-corrected chi connectivity index (χ2v) is 5.32. The molecule has 0 aliphatic carbocycles. The monoisotopic (exact) mass is 284 g/mol. The first-order valence-electron chi connectivity index (χ1n) is 7.25. The van der Waals surface area contributed by atoms with Crippen LogP contribution >= 0.6 is 0 Å². The van der Waals surface area contributed by atoms with E-state index >= 15 is 0 Å². The Hall–Kier alpha value is -2.37. The summed E-state index contributed by atoms with van der Waals surface area (Å²) in [7, 11) is 0. The summed E-state index contributed by atoms with van der Waals surface area (Å²) in [6.45, 7) is 7.08. The Morgan fingerprint density at radius 1 is 1.33 bits per heavy atom. The first kappa shape index (κ1) is 13.6. The molecule has 21 heavy (non-hydrogen) atoms. The Kier molecular flexibility index (Phi) is 3.60. The lowest BCUT2D eigenvalue weighted by Gasteiger charge is -2.15. The van der Waals surface area contributed by atoms with Crippen LogP contribution in [0.2, 0.25) is 0 Å². The molecule has 3 rings (SSSR count). The maximum absolute atomic E-state index is 4.55. The first-order chi connectivity index (χ1) is 10.2. The summed E-state index contributed by atoms with van der Waals surface area (Å²) in [4.78, 5) is 4.55. The van der Waals surface area contributed by atoms with Gasteiger partial charge in [-0.3, -0.25) is 4.68 Å². The van der Waals surface area contributed by atoms with Crippen LogP contribution < -0.4 is 5.32 Å². The molecule has 0 spiro atoms. The molecule has 0 fully saturated rings. The van der Waals surface area contributed by atoms with Crippen molar-refractivity contribution < 1.29 is 0 Å². The van der Waals surface area contributed by atoms with Crippen LogP contribution in [0.4, 0.5) is 5.82 Å². The van der Waals surface area contributed by atoms with Gasteiger partial charge in [0.25, 0.3) is 0 Å². The Morgan fingerprint density at radius 2 is 2.19 bits per heavy atom. The molecule has 1 N–H and O–H groups in total. The molecule has 1 unspecified atom stereocenters. The summed E-state index contributed by atoms with van der Waals surface area (Å²) in [5.41, 5.74) is 3.11. The third kappa shape index (κ3) is 2.74. The van der Waals surface area contributed by atoms with Gasteiger partial charge in [0.1, 0.15) is 5.82 Å². The highest BCUT2D eigenvalue weighted by Gasteiger charge is 2.09. The number of hydrogen-bond donors (Lipinski definition) is 1. The highest BCUT2D eigenvalue weighted by atomic mass is 15.3. The van der Waals surface area contributed by atoms with Gasteiger partial charge in [0.05, 0.1) is 18.4 Å². The number of nitrogens with one attached hydrogen (secondary N) is 1. The molecule has 0 saturated carbocycles. The molecule has 3 heterocycles. The molecular formula is C15H20N6. The Morgan fingerprint density at radius 3 is 2.90 bits per heavy atom. The highest BCUT2D eigenvalue weighted by molar-refractivity contribution is 5.49. The molecule has 6 heteroatoms. The fourth-order valence-corrected chi connectivity index (χ4v) is 2.29. The average molecular weight is 284 g/mol. The van der Waals surface area contributed by atoms with E-state index in [1.165, 1.54) is 5.56 Å². The fourth-order valence-electron chi connectivity index (χ4n) is 2.29. The number of aryl methyl sites for hydroxylation is 2. The molecular weight excluding hydrogens is 264 g/mol. The van der Waals surface area contributed by atoms with Gasteiger partial charge >= 0.3 is 0 Å². The predicted octanol–water partition coefficient (Wildman–Crippen LogP) is 2.47. The van der Waals surface area contributed by atoms with E-state index in [1.54, 1.807) is 6.20 Å². The summed E-state index contributed by atoms with van der Waals surface area (Å²) in [5.74, 6) is 0.970. The van der Waals surface area contributed by atoms with Crippen LogP contribution in [-0.4, -0.2) is 30.9 Å². The summed E-state index contributed by atoms with van der Waals surface area (Å²) >= 11 is 0. The van der Waals surface area contributed by atoms with Gasteiger partial charge in [0.15, 0.2) is 5.65 Å². The zero-order chi connectivity index (χ0) is 14.8. The molecule has 6 nitrogen and oxygen atoms in total.